The molecule has 3 aromatic carbocycles. The molecule has 1 saturated heterocycles. The van der Waals surface area contributed by atoms with Gasteiger partial charge in [-0.25, -0.2) is 0 Å². The molecule has 0 aliphatic carbocycles. The third-order valence-corrected chi connectivity index (χ3v) is 7.79. The molecule has 1 aliphatic heterocycles. The summed E-state index contributed by atoms with van der Waals surface area (Å²) in [5, 5.41) is 30.3. The molecule has 3 N–H and O–H groups in total. The average Bonchev–Trinajstić information content (AvgIpc) is 2.94. The molecule has 1 fully saturated rings. The molecule has 0 spiro atoms. The van der Waals surface area contributed by atoms with E-state index < -0.39 is 23.5 Å². The maximum Gasteiger partial charge on any atom is 0.322 e. The van der Waals surface area contributed by atoms with Gasteiger partial charge < -0.3 is 20.2 Å². The van der Waals surface area contributed by atoms with Crippen molar-refractivity contribution in [3.63, 3.8) is 0 Å². The average molecular weight is 530 g/mol. The minimum atomic E-state index is -1.65. The van der Waals surface area contributed by atoms with Crippen LogP contribution >= 0.6 is 0 Å². The monoisotopic (exact) mass is 529 g/mol. The topological polar surface area (TPSA) is 115 Å². The number of piperidine rings is 1. The van der Waals surface area contributed by atoms with Crippen LogP contribution in [0.25, 0.3) is 0 Å². The second-order valence-electron chi connectivity index (χ2n) is 10.3. The predicted molar refractivity (Wildman–Crippen MR) is 148 cm³/mol. The molecule has 0 amide bonds. The number of carboxylic acids is 2. The van der Waals surface area contributed by atoms with Gasteiger partial charge in [0.15, 0.2) is 11.7 Å². The highest BCUT2D eigenvalue weighted by atomic mass is 16.4. The standard InChI is InChI=1S/C32H35NO6/c34-28(24-13-15-25(16-14-24)29(30(35)36)31(37)38)12-7-19-33-20-17-27(18-21-33)32(39,26-10-5-2-6-11-26)22-23-8-3-1-4-9-23/h1-6,8-11,13-16,27,29,39H,7,12,17-22H2,(H,35,36)(H,37,38). The number of aliphatic carboxylic acids is 2. The van der Waals surface area contributed by atoms with Gasteiger partial charge in [0.1, 0.15) is 0 Å². The van der Waals surface area contributed by atoms with Gasteiger partial charge in [-0.15, -0.1) is 0 Å². The van der Waals surface area contributed by atoms with Crippen molar-refractivity contribution >= 4 is 17.7 Å². The summed E-state index contributed by atoms with van der Waals surface area (Å²) < 4.78 is 0. The normalized spacial score (nSPS) is 16.1. The van der Waals surface area contributed by atoms with Crippen LogP contribution in [-0.4, -0.2) is 57.6 Å². The van der Waals surface area contributed by atoms with E-state index in [1.807, 2.05) is 48.5 Å². The van der Waals surface area contributed by atoms with Crippen LogP contribution in [0, 0.1) is 5.92 Å². The van der Waals surface area contributed by atoms with Crippen molar-refractivity contribution in [2.45, 2.75) is 43.6 Å². The molecule has 1 unspecified atom stereocenters. The Balaban J connectivity index is 1.30. The largest absolute Gasteiger partial charge is 0.480 e. The van der Waals surface area contributed by atoms with Crippen LogP contribution < -0.4 is 0 Å². The second kappa shape index (κ2) is 12.8. The zero-order valence-corrected chi connectivity index (χ0v) is 21.9. The van der Waals surface area contributed by atoms with Crippen LogP contribution in [0.5, 0.6) is 0 Å². The molecular weight excluding hydrogens is 494 g/mol. The van der Waals surface area contributed by atoms with E-state index in [2.05, 4.69) is 17.0 Å². The highest BCUT2D eigenvalue weighted by Crippen LogP contribution is 2.39. The van der Waals surface area contributed by atoms with Gasteiger partial charge >= 0.3 is 11.9 Å². The number of benzene rings is 3. The lowest BCUT2D eigenvalue weighted by Crippen LogP contribution is -2.45. The van der Waals surface area contributed by atoms with Gasteiger partial charge in [-0.1, -0.05) is 84.9 Å². The van der Waals surface area contributed by atoms with Crippen LogP contribution in [0.1, 0.15) is 58.6 Å². The van der Waals surface area contributed by atoms with Crippen molar-refractivity contribution < 1.29 is 29.7 Å². The van der Waals surface area contributed by atoms with E-state index >= 15 is 0 Å². The molecule has 1 aliphatic rings. The third-order valence-electron chi connectivity index (χ3n) is 7.79. The molecule has 0 bridgehead atoms. The Labute approximate surface area is 228 Å². The summed E-state index contributed by atoms with van der Waals surface area (Å²) >= 11 is 0. The number of aliphatic hydroxyl groups is 1. The maximum atomic E-state index is 12.7. The zero-order valence-electron chi connectivity index (χ0n) is 21.9. The maximum absolute atomic E-state index is 12.7. The molecule has 0 saturated carbocycles. The van der Waals surface area contributed by atoms with Crippen LogP contribution in [0.3, 0.4) is 0 Å². The van der Waals surface area contributed by atoms with Gasteiger partial charge in [0.2, 0.25) is 0 Å². The van der Waals surface area contributed by atoms with Crippen LogP contribution in [-0.2, 0) is 21.6 Å². The Kier molecular flexibility index (Phi) is 9.28. The van der Waals surface area contributed by atoms with Crippen LogP contribution in [0.4, 0.5) is 0 Å². The van der Waals surface area contributed by atoms with Crippen molar-refractivity contribution in [1.29, 1.82) is 0 Å². The first-order valence-corrected chi connectivity index (χ1v) is 13.4. The number of Topliss-reactive ketones (excluding diaryl/α,β-unsaturated/α-hetero) is 1. The van der Waals surface area contributed by atoms with E-state index in [4.69, 9.17) is 10.2 Å². The summed E-state index contributed by atoms with van der Waals surface area (Å²) in [5.41, 5.74) is 1.69. The van der Waals surface area contributed by atoms with Crippen LogP contribution in [0.15, 0.2) is 84.9 Å². The zero-order chi connectivity index (χ0) is 27.8. The molecule has 0 aromatic heterocycles. The van der Waals surface area contributed by atoms with Crippen molar-refractivity contribution in [2.75, 3.05) is 19.6 Å². The van der Waals surface area contributed by atoms with Gasteiger partial charge in [0.25, 0.3) is 0 Å². The Hall–Kier alpha value is -3.81. The van der Waals surface area contributed by atoms with E-state index in [0.29, 0.717) is 24.8 Å². The third kappa shape index (κ3) is 6.99. The van der Waals surface area contributed by atoms with Gasteiger partial charge in [-0.05, 0) is 61.5 Å². The summed E-state index contributed by atoms with van der Waals surface area (Å²) in [4.78, 5) is 37.4. The summed E-state index contributed by atoms with van der Waals surface area (Å²) in [6.45, 7) is 2.48. The van der Waals surface area contributed by atoms with Gasteiger partial charge in [-0.3, -0.25) is 14.4 Å². The molecular formula is C32H35NO6. The van der Waals surface area contributed by atoms with E-state index in [9.17, 15) is 19.5 Å². The summed E-state index contributed by atoms with van der Waals surface area (Å²) in [6.07, 6.45) is 3.33. The first-order chi connectivity index (χ1) is 18.8. The molecule has 4 rings (SSSR count). The number of hydrogen-bond acceptors (Lipinski definition) is 5. The lowest BCUT2D eigenvalue weighted by molar-refractivity contribution is -0.150. The number of rotatable bonds is 12. The van der Waals surface area contributed by atoms with E-state index in [0.717, 1.165) is 43.6 Å². The number of carboxylic acid groups (broad SMARTS) is 2. The fourth-order valence-electron chi connectivity index (χ4n) is 5.61. The van der Waals surface area contributed by atoms with Crippen molar-refractivity contribution in [2.24, 2.45) is 5.92 Å². The SMILES string of the molecule is O=C(CCCN1CCC(C(O)(Cc2ccccc2)c2ccccc2)CC1)c1ccc(C(C(=O)O)C(=O)O)cc1. The van der Waals surface area contributed by atoms with E-state index in [1.165, 1.54) is 24.3 Å². The quantitative estimate of drug-likeness (QED) is 0.229. The van der Waals surface area contributed by atoms with E-state index in [1.54, 1.807) is 0 Å². The lowest BCUT2D eigenvalue weighted by atomic mass is 9.73. The van der Waals surface area contributed by atoms with Crippen molar-refractivity contribution in [3.8, 4) is 0 Å². The first-order valence-electron chi connectivity index (χ1n) is 13.4. The van der Waals surface area contributed by atoms with Gasteiger partial charge in [0.05, 0.1) is 5.60 Å². The minimum absolute atomic E-state index is 0.0556. The highest BCUT2D eigenvalue weighted by Gasteiger charge is 2.40. The Morgan fingerprint density at radius 2 is 1.38 bits per heavy atom. The number of nitrogens with zero attached hydrogens (tertiary/aromatic N) is 1. The Morgan fingerprint density at radius 1 is 0.821 bits per heavy atom. The molecule has 7 heteroatoms. The molecule has 1 heterocycles. The molecule has 0 radical (unpaired) electrons. The fraction of sp³-hybridized carbons (Fsp3) is 0.344. The summed E-state index contributed by atoms with van der Waals surface area (Å²) in [7, 11) is 0. The Bertz CT molecular complexity index is 1240. The summed E-state index contributed by atoms with van der Waals surface area (Å²) in [6, 6.07) is 25.8. The summed E-state index contributed by atoms with van der Waals surface area (Å²) in [5.74, 6) is -4.46. The second-order valence-corrected chi connectivity index (χ2v) is 10.3. The molecule has 3 aromatic rings. The smallest absolute Gasteiger partial charge is 0.322 e. The number of carbonyl (C=O) groups excluding carboxylic acids is 1. The number of carbonyl (C=O) groups is 3. The molecule has 1 atom stereocenters. The van der Waals surface area contributed by atoms with Crippen molar-refractivity contribution in [1.82, 2.24) is 4.90 Å². The lowest BCUT2D eigenvalue weighted by Gasteiger charge is -2.42. The molecule has 7 nitrogen and oxygen atoms in total. The van der Waals surface area contributed by atoms with Gasteiger partial charge in [-0.2, -0.15) is 0 Å². The van der Waals surface area contributed by atoms with Crippen molar-refractivity contribution in [3.05, 3.63) is 107 Å². The first kappa shape index (κ1) is 28.2. The molecule has 204 valence electrons. The number of ketones is 1. The van der Waals surface area contributed by atoms with E-state index in [-0.39, 0.29) is 17.3 Å². The number of hydrogen-bond donors (Lipinski definition) is 3. The number of likely N-dealkylation sites (tertiary alicyclic amines) is 1. The van der Waals surface area contributed by atoms with Crippen LogP contribution in [0.2, 0.25) is 0 Å². The Morgan fingerprint density at radius 3 is 1.95 bits per heavy atom. The molecule has 39 heavy (non-hydrogen) atoms. The van der Waals surface area contributed by atoms with Gasteiger partial charge in [0, 0.05) is 18.4 Å². The fourth-order valence-corrected chi connectivity index (χ4v) is 5.61. The minimum Gasteiger partial charge on any atom is -0.480 e. The predicted octanol–water partition coefficient (Wildman–Crippen LogP) is 4.74. The highest BCUT2D eigenvalue weighted by molar-refractivity contribution is 6.00.